The van der Waals surface area contributed by atoms with E-state index < -0.39 is 109 Å². The summed E-state index contributed by atoms with van der Waals surface area (Å²) in [6, 6.07) is -0.925. The fraction of sp³-hybridized carbons (Fsp3) is 0.600. The molecule has 1 rings (SSSR count). The lowest BCUT2D eigenvalue weighted by Crippen LogP contribution is -2.60. The summed E-state index contributed by atoms with van der Waals surface area (Å²) in [6.45, 7) is 7.53. The average molecular weight is 828 g/mol. The molecule has 0 radical (unpaired) electrons. The normalized spacial score (nSPS) is 14.4. The minimum Gasteiger partial charge on any atom is -0.481 e. The lowest BCUT2D eigenvalue weighted by molar-refractivity contribution is -0.141. The molecule has 18 nitrogen and oxygen atoms in total. The lowest BCUT2D eigenvalue weighted by Gasteiger charge is -2.27. The van der Waals surface area contributed by atoms with Gasteiger partial charge in [0, 0.05) is 10.9 Å². The molecule has 54 heavy (non-hydrogen) atoms. The maximum atomic E-state index is 13.7. The van der Waals surface area contributed by atoms with E-state index in [0.29, 0.717) is 18.4 Å². The van der Waals surface area contributed by atoms with Gasteiger partial charge in [0.25, 0.3) is 0 Å². The molecule has 302 valence electrons. The van der Waals surface area contributed by atoms with Crippen LogP contribution in [0, 0.1) is 11.8 Å². The van der Waals surface area contributed by atoms with Crippen molar-refractivity contribution in [3.8, 4) is 0 Å². The van der Waals surface area contributed by atoms with Gasteiger partial charge in [-0.3, -0.25) is 38.4 Å². The molecule has 0 aliphatic carbocycles. The molecule has 1 aromatic carbocycles. The van der Waals surface area contributed by atoms with Crippen LogP contribution in [0.5, 0.6) is 0 Å². The summed E-state index contributed by atoms with van der Waals surface area (Å²) in [5, 5.41) is 33.4. The highest BCUT2D eigenvalue weighted by atomic mass is 79.9. The van der Waals surface area contributed by atoms with Gasteiger partial charge in [0.05, 0.1) is 19.6 Å². The van der Waals surface area contributed by atoms with Crippen molar-refractivity contribution in [2.75, 3.05) is 13.2 Å². The van der Waals surface area contributed by atoms with Crippen LogP contribution in [0.1, 0.15) is 72.3 Å². The number of nitrogens with two attached hydrogens (primary N) is 2. The molecular weight excluding hydrogens is 772 g/mol. The standard InChI is InChI=1S/C35H55BrN8O10/c1-6-7-8-23(30(38)49)41-32(51)24(13-18(2)3)40-27(46)16-39-35(54)29(19(4)5)44-34(53)25(14-20-9-11-21(36)12-10-20)43-33(52)26(15-28(47)48)42-31(50)22(37)17-45/h9-12,18-19,22-26,29,45H,6-8,13-17,37H2,1-5H3,(H2,38,49)(H,39,54)(H,40,46)(H,41,51)(H,42,50)(H,43,52)(H,44,53)(H,47,48)/t22-,23-,24-,25-,26-,29-/m0/s1. The first kappa shape index (κ1) is 47.4. The van der Waals surface area contributed by atoms with Crippen molar-refractivity contribution < 1.29 is 48.6 Å². The molecule has 1 aromatic rings. The van der Waals surface area contributed by atoms with Crippen LogP contribution in [-0.2, 0) is 44.8 Å². The van der Waals surface area contributed by atoms with E-state index in [1.807, 2.05) is 20.8 Å². The second-order valence-electron chi connectivity index (χ2n) is 13.6. The average Bonchev–Trinajstić information content (AvgIpc) is 3.09. The van der Waals surface area contributed by atoms with Gasteiger partial charge in [-0.15, -0.1) is 0 Å². The number of amides is 7. The number of aliphatic hydroxyl groups is 1. The summed E-state index contributed by atoms with van der Waals surface area (Å²) in [6.07, 6.45) is 1.01. The summed E-state index contributed by atoms with van der Waals surface area (Å²) < 4.78 is 0.735. The van der Waals surface area contributed by atoms with E-state index in [1.165, 1.54) is 0 Å². The Labute approximate surface area is 323 Å². The molecule has 0 bridgehead atoms. The summed E-state index contributed by atoms with van der Waals surface area (Å²) in [4.78, 5) is 102. The molecule has 19 heteroatoms. The van der Waals surface area contributed by atoms with Crippen LogP contribution in [0.25, 0.3) is 0 Å². The van der Waals surface area contributed by atoms with Crippen LogP contribution in [0.15, 0.2) is 28.7 Å². The number of aliphatic carboxylic acids is 1. The summed E-state index contributed by atoms with van der Waals surface area (Å²) in [7, 11) is 0. The first-order valence-corrected chi connectivity index (χ1v) is 18.5. The third kappa shape index (κ3) is 17.5. The molecule has 0 aliphatic heterocycles. The zero-order valence-electron chi connectivity index (χ0n) is 31.3. The Kier molecular flexibility index (Phi) is 21.0. The van der Waals surface area contributed by atoms with Crippen molar-refractivity contribution in [1.29, 1.82) is 0 Å². The number of halogens is 1. The predicted octanol–water partition coefficient (Wildman–Crippen LogP) is -1.30. The Hall–Kier alpha value is -4.62. The van der Waals surface area contributed by atoms with Gasteiger partial charge in [-0.2, -0.15) is 0 Å². The zero-order valence-corrected chi connectivity index (χ0v) is 32.9. The number of hydrogen-bond donors (Lipinski definition) is 10. The van der Waals surface area contributed by atoms with E-state index in [0.717, 1.165) is 10.9 Å². The maximum Gasteiger partial charge on any atom is 0.305 e. The molecular formula is C35H55BrN8O10. The predicted molar refractivity (Wildman–Crippen MR) is 201 cm³/mol. The second kappa shape index (κ2) is 23.9. The molecule has 0 spiro atoms. The first-order valence-electron chi connectivity index (χ1n) is 17.7. The summed E-state index contributed by atoms with van der Waals surface area (Å²) in [5.74, 6) is -7.64. The molecule has 6 atom stereocenters. The number of carboxylic acid groups (broad SMARTS) is 1. The van der Waals surface area contributed by atoms with E-state index in [1.54, 1.807) is 38.1 Å². The van der Waals surface area contributed by atoms with Gasteiger partial charge in [-0.1, -0.05) is 75.5 Å². The highest BCUT2D eigenvalue weighted by molar-refractivity contribution is 9.10. The fourth-order valence-electron chi connectivity index (χ4n) is 5.06. The Morgan fingerprint density at radius 1 is 0.759 bits per heavy atom. The van der Waals surface area contributed by atoms with Crippen LogP contribution in [-0.4, -0.2) is 107 Å². The van der Waals surface area contributed by atoms with Crippen molar-refractivity contribution in [3.63, 3.8) is 0 Å². The number of rotatable bonds is 24. The molecule has 0 aliphatic rings. The summed E-state index contributed by atoms with van der Waals surface area (Å²) >= 11 is 3.32. The highest BCUT2D eigenvalue weighted by Gasteiger charge is 2.33. The third-order valence-corrected chi connectivity index (χ3v) is 8.60. The molecule has 0 saturated carbocycles. The smallest absolute Gasteiger partial charge is 0.305 e. The number of nitrogens with one attached hydrogen (secondary N) is 6. The maximum absolute atomic E-state index is 13.7. The second-order valence-corrected chi connectivity index (χ2v) is 14.6. The highest BCUT2D eigenvalue weighted by Crippen LogP contribution is 2.13. The minimum atomic E-state index is -1.67. The monoisotopic (exact) mass is 826 g/mol. The Morgan fingerprint density at radius 2 is 1.31 bits per heavy atom. The van der Waals surface area contributed by atoms with Crippen LogP contribution in [0.3, 0.4) is 0 Å². The zero-order chi connectivity index (χ0) is 41.1. The Balaban J connectivity index is 3.16. The van der Waals surface area contributed by atoms with Gasteiger partial charge in [0.2, 0.25) is 41.4 Å². The summed E-state index contributed by atoms with van der Waals surface area (Å²) in [5.41, 5.74) is 11.5. The van der Waals surface area contributed by atoms with E-state index in [2.05, 4.69) is 47.8 Å². The van der Waals surface area contributed by atoms with E-state index >= 15 is 0 Å². The molecule has 12 N–H and O–H groups in total. The fourth-order valence-corrected chi connectivity index (χ4v) is 5.33. The van der Waals surface area contributed by atoms with Crippen molar-refractivity contribution in [1.82, 2.24) is 31.9 Å². The number of hydrogen-bond acceptors (Lipinski definition) is 10. The van der Waals surface area contributed by atoms with Gasteiger partial charge in [0.1, 0.15) is 36.3 Å². The number of carbonyl (C=O) groups is 8. The first-order chi connectivity index (χ1) is 25.3. The number of aliphatic hydroxyl groups excluding tert-OH is 1. The van der Waals surface area contributed by atoms with Crippen molar-refractivity contribution in [3.05, 3.63) is 34.3 Å². The van der Waals surface area contributed by atoms with Crippen LogP contribution >= 0.6 is 15.9 Å². The SMILES string of the molecule is CCCC[C@H](NC(=O)[C@H](CC(C)C)NC(=O)CNC(=O)[C@@H](NC(=O)[C@H](Cc1ccc(Br)cc1)NC(=O)[C@H](CC(=O)O)NC(=O)[C@@H](N)CO)C(C)C)C(N)=O. The molecule has 7 amide bonds. The molecule has 0 unspecified atom stereocenters. The number of primary amides is 1. The molecule has 0 aromatic heterocycles. The quantitative estimate of drug-likeness (QED) is 0.0585. The van der Waals surface area contributed by atoms with E-state index in [9.17, 15) is 48.6 Å². The molecule has 0 heterocycles. The number of carboxylic acids is 1. The number of unbranched alkanes of at least 4 members (excludes halogenated alkanes) is 1. The molecule has 0 fully saturated rings. The van der Waals surface area contributed by atoms with Crippen LogP contribution < -0.4 is 43.4 Å². The van der Waals surface area contributed by atoms with Crippen molar-refractivity contribution >= 4 is 63.2 Å². The van der Waals surface area contributed by atoms with Crippen molar-refractivity contribution in [2.24, 2.45) is 23.3 Å². The van der Waals surface area contributed by atoms with E-state index in [4.69, 9.17) is 11.5 Å². The van der Waals surface area contributed by atoms with Gasteiger partial charge in [-0.25, -0.2) is 0 Å². The largest absolute Gasteiger partial charge is 0.481 e. The Bertz CT molecular complexity index is 1460. The van der Waals surface area contributed by atoms with Crippen LogP contribution in [0.2, 0.25) is 0 Å². The third-order valence-electron chi connectivity index (χ3n) is 8.07. The number of benzene rings is 1. The Morgan fingerprint density at radius 3 is 1.83 bits per heavy atom. The van der Waals surface area contributed by atoms with Gasteiger partial charge in [0.15, 0.2) is 0 Å². The van der Waals surface area contributed by atoms with Crippen molar-refractivity contribution in [2.45, 2.75) is 109 Å². The van der Waals surface area contributed by atoms with Crippen LogP contribution in [0.4, 0.5) is 0 Å². The van der Waals surface area contributed by atoms with Gasteiger partial charge >= 0.3 is 5.97 Å². The topological polar surface area (TPSA) is 301 Å². The van der Waals surface area contributed by atoms with Gasteiger partial charge in [-0.05, 0) is 42.4 Å². The lowest BCUT2D eigenvalue weighted by atomic mass is 10.0. The van der Waals surface area contributed by atoms with Gasteiger partial charge < -0.3 is 53.6 Å². The molecule has 0 saturated heterocycles. The minimum absolute atomic E-state index is 0.0292. The van der Waals surface area contributed by atoms with E-state index in [-0.39, 0.29) is 18.8 Å². The number of carbonyl (C=O) groups excluding carboxylic acids is 7.